The number of hydrogen-bond donors (Lipinski definition) is 3. The molecule has 6 nitrogen and oxygen atoms in total. The number of hydrogen-bond acceptors (Lipinski definition) is 3. The molecule has 0 aliphatic carbocycles. The van der Waals surface area contributed by atoms with Crippen molar-refractivity contribution < 1.29 is 14.0 Å². The van der Waals surface area contributed by atoms with Gasteiger partial charge in [-0.1, -0.05) is 23.6 Å². The van der Waals surface area contributed by atoms with Crippen molar-refractivity contribution in [1.82, 2.24) is 4.90 Å². The molecule has 0 fully saturated rings. The van der Waals surface area contributed by atoms with E-state index in [4.69, 9.17) is 23.4 Å². The highest BCUT2D eigenvalue weighted by Gasteiger charge is 2.18. The quantitative estimate of drug-likeness (QED) is 0.288. The Hall–Kier alpha value is -4.15. The first kappa shape index (κ1) is 23.5. The number of carbonyl (C=O) groups excluding carboxylic acids is 2. The summed E-state index contributed by atoms with van der Waals surface area (Å²) in [5.74, 6) is 0.545. The minimum absolute atomic E-state index is 0.100. The molecule has 0 radical (unpaired) electrons. The molecule has 0 aliphatic heterocycles. The van der Waals surface area contributed by atoms with Crippen molar-refractivity contribution in [2.45, 2.75) is 0 Å². The summed E-state index contributed by atoms with van der Waals surface area (Å²) >= 11 is 6.06. The van der Waals surface area contributed by atoms with Crippen LogP contribution in [-0.4, -0.2) is 36.6 Å². The summed E-state index contributed by atoms with van der Waals surface area (Å²) < 4.78 is 14.6. The van der Waals surface area contributed by atoms with Gasteiger partial charge in [0.15, 0.2) is 0 Å². The number of rotatable bonds is 5. The number of anilines is 2. The van der Waals surface area contributed by atoms with Gasteiger partial charge in [0.2, 0.25) is 0 Å². The largest absolute Gasteiger partial charge is 0.363 e. The molecular formula is C25H20ClFN4O2. The van der Waals surface area contributed by atoms with Crippen LogP contribution in [0.1, 0.15) is 31.8 Å². The molecule has 0 saturated carbocycles. The van der Waals surface area contributed by atoms with Crippen molar-refractivity contribution in [1.29, 1.82) is 5.41 Å². The van der Waals surface area contributed by atoms with Gasteiger partial charge in [0.25, 0.3) is 11.8 Å². The van der Waals surface area contributed by atoms with Gasteiger partial charge in [-0.25, -0.2) is 4.39 Å². The minimum Gasteiger partial charge on any atom is -0.363 e. The Bertz CT molecular complexity index is 1280. The second-order valence-electron chi connectivity index (χ2n) is 7.26. The smallest absolute Gasteiger partial charge is 0.258 e. The number of nitrogens with one attached hydrogen (secondary N) is 3. The fraction of sp³-hybridized carbons (Fsp3) is 0.0800. The second kappa shape index (κ2) is 9.98. The summed E-state index contributed by atoms with van der Waals surface area (Å²) in [5.41, 5.74) is 1.53. The van der Waals surface area contributed by atoms with Gasteiger partial charge in [-0.2, -0.15) is 0 Å². The summed E-state index contributed by atoms with van der Waals surface area (Å²) in [7, 11) is 3.33. The topological polar surface area (TPSA) is 85.3 Å². The maximum absolute atomic E-state index is 14.6. The van der Waals surface area contributed by atoms with E-state index in [1.807, 2.05) is 0 Å². The number of benzene rings is 3. The lowest BCUT2D eigenvalue weighted by Crippen LogP contribution is -2.23. The highest BCUT2D eigenvalue weighted by molar-refractivity contribution is 6.31. The van der Waals surface area contributed by atoms with E-state index in [2.05, 4.69) is 16.6 Å². The zero-order chi connectivity index (χ0) is 24.1. The third-order valence-electron chi connectivity index (χ3n) is 4.72. The first-order valence-corrected chi connectivity index (χ1v) is 10.1. The van der Waals surface area contributed by atoms with E-state index >= 15 is 0 Å². The summed E-state index contributed by atoms with van der Waals surface area (Å²) in [5, 5.41) is 13.5. The monoisotopic (exact) mass is 462 g/mol. The van der Waals surface area contributed by atoms with E-state index in [1.165, 1.54) is 35.2 Å². The van der Waals surface area contributed by atoms with Gasteiger partial charge < -0.3 is 15.5 Å². The van der Waals surface area contributed by atoms with Gasteiger partial charge in [-0.05, 0) is 54.6 Å². The molecular weight excluding hydrogens is 443 g/mol. The van der Waals surface area contributed by atoms with Crippen LogP contribution in [0, 0.1) is 23.6 Å². The maximum Gasteiger partial charge on any atom is 0.258 e. The molecule has 0 spiro atoms. The van der Waals surface area contributed by atoms with Crippen molar-refractivity contribution in [2.75, 3.05) is 24.7 Å². The highest BCUT2D eigenvalue weighted by atomic mass is 35.5. The Morgan fingerprint density at radius 2 is 1.64 bits per heavy atom. The molecule has 3 rings (SSSR count). The molecule has 0 heterocycles. The average molecular weight is 463 g/mol. The van der Waals surface area contributed by atoms with Crippen LogP contribution in [0.5, 0.6) is 0 Å². The second-order valence-corrected chi connectivity index (χ2v) is 7.69. The highest BCUT2D eigenvalue weighted by Crippen LogP contribution is 2.24. The third-order valence-corrected chi connectivity index (χ3v) is 4.95. The van der Waals surface area contributed by atoms with Crippen LogP contribution in [-0.2, 0) is 0 Å². The standard InChI is InChI=1S/C25H20ClFN4O2/c1-4-15-5-9-18(10-6-15)29-25(33)20-14-17(26)8-12-22(20)30-24(32)19-11-7-16(13-21(19)27)23(28)31(2)3/h1,5-14,28H,2-3H3,(H,29,33)(H,30,32). The van der Waals surface area contributed by atoms with Crippen molar-refractivity contribution in [2.24, 2.45) is 0 Å². The van der Waals surface area contributed by atoms with E-state index in [-0.39, 0.29) is 22.6 Å². The first-order chi connectivity index (χ1) is 15.7. The fourth-order valence-corrected chi connectivity index (χ4v) is 3.13. The van der Waals surface area contributed by atoms with Crippen LogP contribution >= 0.6 is 11.6 Å². The molecule has 33 heavy (non-hydrogen) atoms. The van der Waals surface area contributed by atoms with E-state index in [1.54, 1.807) is 38.4 Å². The van der Waals surface area contributed by atoms with Crippen LogP contribution in [0.2, 0.25) is 5.02 Å². The molecule has 3 aromatic rings. The normalized spacial score (nSPS) is 10.2. The van der Waals surface area contributed by atoms with Crippen LogP contribution in [0.3, 0.4) is 0 Å². The lowest BCUT2D eigenvalue weighted by Gasteiger charge is -2.15. The Kier molecular flexibility index (Phi) is 7.11. The molecule has 8 heteroatoms. The predicted molar refractivity (Wildman–Crippen MR) is 129 cm³/mol. The Morgan fingerprint density at radius 3 is 2.24 bits per heavy atom. The van der Waals surface area contributed by atoms with Gasteiger partial charge in [-0.15, -0.1) is 6.42 Å². The number of halogens is 2. The average Bonchev–Trinajstić information content (AvgIpc) is 2.79. The van der Waals surface area contributed by atoms with E-state index in [0.29, 0.717) is 21.8 Å². The molecule has 0 bridgehead atoms. The number of nitrogens with zero attached hydrogens (tertiary/aromatic N) is 1. The van der Waals surface area contributed by atoms with E-state index in [9.17, 15) is 14.0 Å². The number of carbonyl (C=O) groups is 2. The Balaban J connectivity index is 1.84. The summed E-state index contributed by atoms with van der Waals surface area (Å²) in [6.45, 7) is 0. The molecule has 0 unspecified atom stereocenters. The molecule has 0 atom stereocenters. The first-order valence-electron chi connectivity index (χ1n) is 9.74. The van der Waals surface area contributed by atoms with Crippen LogP contribution in [0.4, 0.5) is 15.8 Å². The van der Waals surface area contributed by atoms with Crippen LogP contribution < -0.4 is 10.6 Å². The Morgan fingerprint density at radius 1 is 0.970 bits per heavy atom. The Labute approximate surface area is 195 Å². The maximum atomic E-state index is 14.6. The molecule has 2 amide bonds. The van der Waals surface area contributed by atoms with Crippen molar-refractivity contribution in [3.63, 3.8) is 0 Å². The number of amidine groups is 1. The van der Waals surface area contributed by atoms with Gasteiger partial charge in [0, 0.05) is 35.9 Å². The molecule has 0 aromatic heterocycles. The van der Waals surface area contributed by atoms with Crippen LogP contribution in [0.15, 0.2) is 60.7 Å². The minimum atomic E-state index is -0.787. The van der Waals surface area contributed by atoms with Crippen molar-refractivity contribution in [3.8, 4) is 12.3 Å². The molecule has 3 N–H and O–H groups in total. The lowest BCUT2D eigenvalue weighted by molar-refractivity contribution is 0.102. The van der Waals surface area contributed by atoms with Gasteiger partial charge in [-0.3, -0.25) is 15.0 Å². The molecule has 3 aromatic carbocycles. The summed E-state index contributed by atoms with van der Waals surface area (Å²) in [6.07, 6.45) is 5.34. The summed E-state index contributed by atoms with van der Waals surface area (Å²) in [4.78, 5) is 27.1. The lowest BCUT2D eigenvalue weighted by atomic mass is 10.1. The summed E-state index contributed by atoms with van der Waals surface area (Å²) in [6, 6.07) is 14.9. The molecule has 0 aliphatic rings. The number of terminal acetylenes is 1. The van der Waals surface area contributed by atoms with E-state index < -0.39 is 17.6 Å². The van der Waals surface area contributed by atoms with Gasteiger partial charge in [0.05, 0.1) is 16.8 Å². The third kappa shape index (κ3) is 5.56. The molecule has 166 valence electrons. The van der Waals surface area contributed by atoms with Crippen molar-refractivity contribution in [3.05, 3.63) is 93.8 Å². The molecule has 0 saturated heterocycles. The van der Waals surface area contributed by atoms with Crippen molar-refractivity contribution >= 4 is 40.6 Å². The zero-order valence-corrected chi connectivity index (χ0v) is 18.6. The predicted octanol–water partition coefficient (Wildman–Crippen LogP) is 4.85. The zero-order valence-electron chi connectivity index (χ0n) is 17.9. The van der Waals surface area contributed by atoms with Gasteiger partial charge in [0.1, 0.15) is 11.7 Å². The van der Waals surface area contributed by atoms with Crippen LogP contribution in [0.25, 0.3) is 0 Å². The fourth-order valence-electron chi connectivity index (χ4n) is 2.96. The van der Waals surface area contributed by atoms with Gasteiger partial charge >= 0.3 is 0 Å². The SMILES string of the molecule is C#Cc1ccc(NC(=O)c2cc(Cl)ccc2NC(=O)c2ccc(C(=N)N(C)C)cc2F)cc1. The van der Waals surface area contributed by atoms with E-state index in [0.717, 1.165) is 6.07 Å². The number of amides is 2.